The van der Waals surface area contributed by atoms with Gasteiger partial charge in [0.25, 0.3) is 0 Å². The second-order valence-corrected chi connectivity index (χ2v) is 4.92. The lowest BCUT2D eigenvalue weighted by molar-refractivity contribution is 0.258. The third-order valence-electron chi connectivity index (χ3n) is 2.02. The van der Waals surface area contributed by atoms with Crippen LogP contribution in [0.4, 0.5) is 0 Å². The molecule has 2 rings (SSSR count). The highest BCUT2D eigenvalue weighted by molar-refractivity contribution is 7.91. The molecule has 1 N–H and O–H groups in total. The molecule has 1 atom stereocenters. The van der Waals surface area contributed by atoms with E-state index in [1.54, 1.807) is 24.3 Å². The van der Waals surface area contributed by atoms with E-state index in [1.807, 2.05) is 0 Å². The smallest absolute Gasteiger partial charge is 0.185 e. The maximum atomic E-state index is 11.2. The Morgan fingerprint density at radius 1 is 1.33 bits per heavy atom. The minimum atomic E-state index is -3.33. The zero-order valence-electron chi connectivity index (χ0n) is 6.27. The van der Waals surface area contributed by atoms with Gasteiger partial charge in [-0.2, -0.15) is 0 Å². The lowest BCUT2D eigenvalue weighted by Crippen LogP contribution is -2.05. The molecule has 0 spiro atoms. The Balaban J connectivity index is 2.64. The highest BCUT2D eigenvalue weighted by Crippen LogP contribution is 2.33. The van der Waals surface area contributed by atoms with Crippen molar-refractivity contribution < 1.29 is 13.5 Å². The molecular formula is C8H8O3S. The van der Waals surface area contributed by atoms with E-state index in [1.165, 1.54) is 0 Å². The summed E-state index contributed by atoms with van der Waals surface area (Å²) in [6.07, 6.45) is 0. The molecular weight excluding hydrogens is 176 g/mol. The Morgan fingerprint density at radius 3 is 2.67 bits per heavy atom. The molecule has 3 nitrogen and oxygen atoms in total. The van der Waals surface area contributed by atoms with Crippen molar-refractivity contribution in [2.75, 3.05) is 0 Å². The van der Waals surface area contributed by atoms with Gasteiger partial charge in [-0.1, -0.05) is 24.3 Å². The van der Waals surface area contributed by atoms with Crippen molar-refractivity contribution >= 4 is 9.84 Å². The summed E-state index contributed by atoms with van der Waals surface area (Å²) < 4.78 is 22.3. The number of aliphatic hydroxyl groups excluding tert-OH is 1. The van der Waals surface area contributed by atoms with Gasteiger partial charge in [0.1, 0.15) is 0 Å². The summed E-state index contributed by atoms with van der Waals surface area (Å²) in [7, 11) is -3.33. The van der Waals surface area contributed by atoms with Crippen LogP contribution in [-0.2, 0) is 15.6 Å². The van der Waals surface area contributed by atoms with Gasteiger partial charge in [0, 0.05) is 0 Å². The number of hydrogen-bond acceptors (Lipinski definition) is 3. The lowest BCUT2D eigenvalue weighted by Gasteiger charge is -2.00. The summed E-state index contributed by atoms with van der Waals surface area (Å²) in [5.41, 5.74) is -0.0730. The van der Waals surface area contributed by atoms with Crippen LogP contribution >= 0.6 is 0 Å². The molecule has 64 valence electrons. The Bertz CT molecular complexity index is 408. The van der Waals surface area contributed by atoms with Crippen molar-refractivity contribution in [1.82, 2.24) is 0 Å². The average molecular weight is 184 g/mol. The molecule has 0 aromatic heterocycles. The van der Waals surface area contributed by atoms with E-state index in [-0.39, 0.29) is 5.75 Å². The highest BCUT2D eigenvalue weighted by atomic mass is 32.2. The van der Waals surface area contributed by atoms with Crippen LogP contribution in [0.25, 0.3) is 0 Å². The molecule has 0 amide bonds. The van der Waals surface area contributed by atoms with E-state index < -0.39 is 15.3 Å². The summed E-state index contributed by atoms with van der Waals surface area (Å²) in [6, 6.07) is 6.86. The first-order chi connectivity index (χ1) is 5.61. The Hall–Kier alpha value is -0.870. The van der Waals surface area contributed by atoms with Crippen molar-refractivity contribution in [3.63, 3.8) is 0 Å². The van der Waals surface area contributed by atoms with E-state index in [9.17, 15) is 13.5 Å². The molecule has 0 saturated heterocycles. The van der Waals surface area contributed by atoms with Crippen LogP contribution in [0.2, 0.25) is 0 Å². The number of benzene rings is 1. The third-order valence-corrected chi connectivity index (χ3v) is 3.67. The standard InChI is InChI=1S/C8H8O3S/c9-8-7-4-2-1-3-6(7)5-12(8,10)11/h1-4,8-9H,5H2. The Labute approximate surface area is 70.6 Å². The zero-order valence-corrected chi connectivity index (χ0v) is 7.08. The number of rotatable bonds is 0. The van der Waals surface area contributed by atoms with Gasteiger partial charge in [-0.15, -0.1) is 0 Å². The molecule has 0 fully saturated rings. The highest BCUT2D eigenvalue weighted by Gasteiger charge is 2.34. The summed E-state index contributed by atoms with van der Waals surface area (Å²) in [6.45, 7) is 0. The molecule has 1 heterocycles. The maximum absolute atomic E-state index is 11.2. The van der Waals surface area contributed by atoms with E-state index in [0.29, 0.717) is 11.1 Å². The van der Waals surface area contributed by atoms with Crippen molar-refractivity contribution in [3.8, 4) is 0 Å². The van der Waals surface area contributed by atoms with Crippen LogP contribution < -0.4 is 0 Å². The second kappa shape index (κ2) is 2.31. The third kappa shape index (κ3) is 0.956. The van der Waals surface area contributed by atoms with Crippen LogP contribution in [0.15, 0.2) is 24.3 Å². The summed E-state index contributed by atoms with van der Waals surface area (Å²) in [4.78, 5) is 0. The van der Waals surface area contributed by atoms with Crippen LogP contribution in [0.1, 0.15) is 16.6 Å². The Morgan fingerprint density at radius 2 is 2.00 bits per heavy atom. The molecule has 1 aliphatic heterocycles. The summed E-state index contributed by atoms with van der Waals surface area (Å²) >= 11 is 0. The first-order valence-corrected chi connectivity index (χ1v) is 5.30. The molecule has 0 bridgehead atoms. The Kier molecular flexibility index (Phi) is 1.49. The van der Waals surface area contributed by atoms with Crippen molar-refractivity contribution in [2.24, 2.45) is 0 Å². The van der Waals surface area contributed by atoms with Gasteiger partial charge in [-0.05, 0) is 11.1 Å². The molecule has 12 heavy (non-hydrogen) atoms. The lowest BCUT2D eigenvalue weighted by atomic mass is 10.1. The first kappa shape index (κ1) is 7.76. The van der Waals surface area contributed by atoms with Crippen LogP contribution in [0.3, 0.4) is 0 Å². The molecule has 1 aromatic carbocycles. The molecule has 4 heteroatoms. The van der Waals surface area contributed by atoms with E-state index >= 15 is 0 Å². The zero-order chi connectivity index (χ0) is 8.77. The maximum Gasteiger partial charge on any atom is 0.185 e. The quantitative estimate of drug-likeness (QED) is 0.642. The summed E-state index contributed by atoms with van der Waals surface area (Å²) in [5.74, 6) is -0.0374. The minimum Gasteiger partial charge on any atom is -0.373 e. The largest absolute Gasteiger partial charge is 0.373 e. The van der Waals surface area contributed by atoms with Crippen LogP contribution in [0, 0.1) is 0 Å². The van der Waals surface area contributed by atoms with Gasteiger partial charge in [-0.25, -0.2) is 8.42 Å². The fourth-order valence-electron chi connectivity index (χ4n) is 1.40. The van der Waals surface area contributed by atoms with Gasteiger partial charge < -0.3 is 5.11 Å². The predicted molar refractivity (Wildman–Crippen MR) is 44.0 cm³/mol. The minimum absolute atomic E-state index is 0.0374. The van der Waals surface area contributed by atoms with Gasteiger partial charge in [-0.3, -0.25) is 0 Å². The van der Waals surface area contributed by atoms with Crippen molar-refractivity contribution in [1.29, 1.82) is 0 Å². The van der Waals surface area contributed by atoms with Gasteiger partial charge in [0.05, 0.1) is 5.75 Å². The van der Waals surface area contributed by atoms with Crippen molar-refractivity contribution in [2.45, 2.75) is 11.2 Å². The average Bonchev–Trinajstić information content (AvgIpc) is 2.24. The first-order valence-electron chi connectivity index (χ1n) is 3.59. The van der Waals surface area contributed by atoms with E-state index in [4.69, 9.17) is 0 Å². The number of sulfone groups is 1. The van der Waals surface area contributed by atoms with Gasteiger partial charge >= 0.3 is 0 Å². The van der Waals surface area contributed by atoms with Crippen LogP contribution in [0.5, 0.6) is 0 Å². The fourth-order valence-corrected chi connectivity index (χ4v) is 2.87. The normalized spacial score (nSPS) is 25.2. The van der Waals surface area contributed by atoms with Crippen LogP contribution in [-0.4, -0.2) is 13.5 Å². The molecule has 1 unspecified atom stereocenters. The number of aliphatic hydroxyl groups is 1. The SMILES string of the molecule is O=S1(=O)Cc2ccccc2C1O. The number of hydrogen-bond donors (Lipinski definition) is 1. The number of fused-ring (bicyclic) bond motifs is 1. The van der Waals surface area contributed by atoms with E-state index in [0.717, 1.165) is 0 Å². The fraction of sp³-hybridized carbons (Fsp3) is 0.250. The van der Waals surface area contributed by atoms with Gasteiger partial charge in [0.2, 0.25) is 0 Å². The van der Waals surface area contributed by atoms with Crippen molar-refractivity contribution in [3.05, 3.63) is 35.4 Å². The monoisotopic (exact) mass is 184 g/mol. The molecule has 1 aromatic rings. The summed E-state index contributed by atoms with van der Waals surface area (Å²) in [5, 5.41) is 9.32. The second-order valence-electron chi connectivity index (χ2n) is 2.86. The topological polar surface area (TPSA) is 54.4 Å². The predicted octanol–water partition coefficient (Wildman–Crippen LogP) is 0.606. The molecule has 0 saturated carbocycles. The van der Waals surface area contributed by atoms with Gasteiger partial charge in [0.15, 0.2) is 15.3 Å². The molecule has 0 aliphatic carbocycles. The molecule has 1 aliphatic rings. The van der Waals surface area contributed by atoms with E-state index in [2.05, 4.69) is 0 Å². The molecule has 0 radical (unpaired) electrons.